The molecule has 1 aliphatic heterocycles. The molecular weight excluding hydrogens is 360 g/mol. The van der Waals surface area contributed by atoms with Crippen molar-refractivity contribution in [3.05, 3.63) is 34.6 Å². The smallest absolute Gasteiger partial charge is 0.168 e. The van der Waals surface area contributed by atoms with Gasteiger partial charge in [0, 0.05) is 36.9 Å². The minimum absolute atomic E-state index is 0.0774. The van der Waals surface area contributed by atoms with Crippen molar-refractivity contribution >= 4 is 17.3 Å². The minimum Gasteiger partial charge on any atom is -0.369 e. The third kappa shape index (κ3) is 4.11. The first kappa shape index (κ1) is 20.1. The second kappa shape index (κ2) is 8.15. The maximum atomic E-state index is 6.22. The Balaban J connectivity index is 1.75. The number of benzene rings is 1. The number of hydrogen-bond donors (Lipinski definition) is 0. The monoisotopic (exact) mass is 390 g/mol. The molecular formula is C20H31ClN6. The zero-order chi connectivity index (χ0) is 19.6. The average molecular weight is 391 g/mol. The lowest BCUT2D eigenvalue weighted by molar-refractivity contribution is 0.158. The molecule has 0 spiro atoms. The van der Waals surface area contributed by atoms with Crippen molar-refractivity contribution < 1.29 is 0 Å². The number of halogens is 1. The molecule has 3 rings (SSSR count). The summed E-state index contributed by atoms with van der Waals surface area (Å²) >= 11 is 6.22. The summed E-state index contributed by atoms with van der Waals surface area (Å²) in [6.07, 6.45) is 1.99. The fourth-order valence-corrected chi connectivity index (χ4v) is 3.95. The molecule has 0 saturated carbocycles. The molecule has 0 amide bonds. The SMILES string of the molecule is CCC(c1nnnn1C(C)(C)CC)N1CCN(c2cc(Cl)ccc2C)CC1. The molecule has 2 heterocycles. The van der Waals surface area contributed by atoms with Gasteiger partial charge < -0.3 is 4.90 Å². The van der Waals surface area contributed by atoms with Crippen molar-refractivity contribution in [3.8, 4) is 0 Å². The highest BCUT2D eigenvalue weighted by atomic mass is 35.5. The first-order valence-electron chi connectivity index (χ1n) is 9.91. The van der Waals surface area contributed by atoms with E-state index in [2.05, 4.69) is 72.1 Å². The standard InChI is InChI=1S/C20H31ClN6/c1-6-17(19-22-23-24-27(19)20(4,5)7-2)25-10-12-26(13-11-25)18-14-16(21)9-8-15(18)3/h8-9,14,17H,6-7,10-13H2,1-5H3. The Morgan fingerprint density at radius 2 is 1.85 bits per heavy atom. The third-order valence-corrected chi connectivity index (χ3v) is 6.12. The van der Waals surface area contributed by atoms with E-state index < -0.39 is 0 Å². The first-order valence-corrected chi connectivity index (χ1v) is 10.3. The molecule has 0 bridgehead atoms. The van der Waals surface area contributed by atoms with Gasteiger partial charge in [0.05, 0.1) is 11.6 Å². The molecule has 1 atom stereocenters. The summed E-state index contributed by atoms with van der Waals surface area (Å²) in [4.78, 5) is 4.95. The maximum absolute atomic E-state index is 6.22. The third-order valence-electron chi connectivity index (χ3n) is 5.88. The molecule has 0 N–H and O–H groups in total. The Labute approximate surface area is 167 Å². The number of nitrogens with zero attached hydrogens (tertiary/aromatic N) is 6. The van der Waals surface area contributed by atoms with E-state index in [1.165, 1.54) is 11.3 Å². The van der Waals surface area contributed by atoms with E-state index in [4.69, 9.17) is 11.6 Å². The Morgan fingerprint density at radius 1 is 1.15 bits per heavy atom. The highest BCUT2D eigenvalue weighted by Gasteiger charge is 2.32. The van der Waals surface area contributed by atoms with Crippen molar-refractivity contribution in [3.63, 3.8) is 0 Å². The maximum Gasteiger partial charge on any atom is 0.168 e. The van der Waals surface area contributed by atoms with Gasteiger partial charge in [-0.05, 0) is 61.7 Å². The Hall–Kier alpha value is -1.66. The second-order valence-electron chi connectivity index (χ2n) is 7.99. The van der Waals surface area contributed by atoms with Gasteiger partial charge >= 0.3 is 0 Å². The van der Waals surface area contributed by atoms with Crippen LogP contribution in [0.2, 0.25) is 5.02 Å². The van der Waals surface area contributed by atoms with Crippen LogP contribution in [-0.4, -0.2) is 51.3 Å². The van der Waals surface area contributed by atoms with Gasteiger partial charge in [-0.3, -0.25) is 4.90 Å². The van der Waals surface area contributed by atoms with E-state index in [-0.39, 0.29) is 11.6 Å². The highest BCUT2D eigenvalue weighted by molar-refractivity contribution is 6.30. The van der Waals surface area contributed by atoms with Crippen molar-refractivity contribution in [2.45, 2.75) is 59.0 Å². The molecule has 1 fully saturated rings. The van der Waals surface area contributed by atoms with Gasteiger partial charge in [-0.25, -0.2) is 4.68 Å². The van der Waals surface area contributed by atoms with Crippen molar-refractivity contribution in [2.24, 2.45) is 0 Å². The molecule has 6 nitrogen and oxygen atoms in total. The van der Waals surface area contributed by atoms with Gasteiger partial charge in [0.15, 0.2) is 5.82 Å². The number of anilines is 1. The fourth-order valence-electron chi connectivity index (χ4n) is 3.78. The Kier molecular flexibility index (Phi) is 6.06. The van der Waals surface area contributed by atoms with Crippen LogP contribution in [0, 0.1) is 6.92 Å². The molecule has 1 aromatic heterocycles. The van der Waals surface area contributed by atoms with E-state index in [0.29, 0.717) is 0 Å². The first-order chi connectivity index (χ1) is 12.9. The van der Waals surface area contributed by atoms with E-state index in [9.17, 15) is 0 Å². The van der Waals surface area contributed by atoms with Gasteiger partial charge in [-0.2, -0.15) is 0 Å². The lowest BCUT2D eigenvalue weighted by Crippen LogP contribution is -2.48. The summed E-state index contributed by atoms with van der Waals surface area (Å²) < 4.78 is 2.02. The molecule has 148 valence electrons. The Bertz CT molecular complexity index is 764. The minimum atomic E-state index is -0.0774. The van der Waals surface area contributed by atoms with Gasteiger partial charge in [0.25, 0.3) is 0 Å². The summed E-state index contributed by atoms with van der Waals surface area (Å²) in [6, 6.07) is 6.38. The van der Waals surface area contributed by atoms with E-state index in [1.54, 1.807) is 0 Å². The van der Waals surface area contributed by atoms with E-state index >= 15 is 0 Å². The zero-order valence-corrected chi connectivity index (χ0v) is 17.9. The van der Waals surface area contributed by atoms with Gasteiger partial charge in [-0.15, -0.1) is 5.10 Å². The largest absolute Gasteiger partial charge is 0.369 e. The van der Waals surface area contributed by atoms with E-state index in [0.717, 1.165) is 49.9 Å². The van der Waals surface area contributed by atoms with Crippen LogP contribution in [0.4, 0.5) is 5.69 Å². The van der Waals surface area contributed by atoms with Gasteiger partial charge in [0.1, 0.15) is 0 Å². The fraction of sp³-hybridized carbons (Fsp3) is 0.650. The summed E-state index contributed by atoms with van der Waals surface area (Å²) in [5.74, 6) is 0.983. The number of aryl methyl sites for hydroxylation is 1. The van der Waals surface area contributed by atoms with Crippen LogP contribution in [0.15, 0.2) is 18.2 Å². The van der Waals surface area contributed by atoms with Gasteiger partial charge in [0.2, 0.25) is 0 Å². The van der Waals surface area contributed by atoms with E-state index in [1.807, 2.05) is 10.7 Å². The number of rotatable bonds is 6. The number of tetrazole rings is 1. The molecule has 1 aromatic carbocycles. The summed E-state index contributed by atoms with van der Waals surface area (Å²) in [6.45, 7) is 14.9. The summed E-state index contributed by atoms with van der Waals surface area (Å²) in [5.41, 5.74) is 2.44. The number of hydrogen-bond acceptors (Lipinski definition) is 5. The number of aromatic nitrogens is 4. The molecule has 1 saturated heterocycles. The van der Waals surface area contributed by atoms with Crippen LogP contribution in [-0.2, 0) is 5.54 Å². The lowest BCUT2D eigenvalue weighted by atomic mass is 10.0. The molecule has 27 heavy (non-hydrogen) atoms. The molecule has 0 radical (unpaired) electrons. The topological polar surface area (TPSA) is 50.1 Å². The predicted octanol–water partition coefficient (Wildman–Crippen LogP) is 4.05. The number of piperazine rings is 1. The Morgan fingerprint density at radius 3 is 2.48 bits per heavy atom. The lowest BCUT2D eigenvalue weighted by Gasteiger charge is -2.40. The van der Waals surface area contributed by atoms with Crippen molar-refractivity contribution in [2.75, 3.05) is 31.1 Å². The van der Waals surface area contributed by atoms with Crippen LogP contribution in [0.3, 0.4) is 0 Å². The summed E-state index contributed by atoms with van der Waals surface area (Å²) in [7, 11) is 0. The molecule has 1 aliphatic rings. The van der Waals surface area contributed by atoms with Crippen LogP contribution in [0.25, 0.3) is 0 Å². The molecule has 7 heteroatoms. The van der Waals surface area contributed by atoms with Gasteiger partial charge in [-0.1, -0.05) is 31.5 Å². The predicted molar refractivity (Wildman–Crippen MR) is 110 cm³/mol. The molecule has 1 unspecified atom stereocenters. The molecule has 2 aromatic rings. The quantitative estimate of drug-likeness (QED) is 0.744. The molecule has 0 aliphatic carbocycles. The summed E-state index contributed by atoms with van der Waals surface area (Å²) in [5, 5.41) is 13.5. The zero-order valence-electron chi connectivity index (χ0n) is 17.1. The van der Waals surface area contributed by atoms with Crippen molar-refractivity contribution in [1.82, 2.24) is 25.1 Å². The van der Waals surface area contributed by atoms with Crippen LogP contribution in [0.5, 0.6) is 0 Å². The van der Waals surface area contributed by atoms with Crippen LogP contribution >= 0.6 is 11.6 Å². The second-order valence-corrected chi connectivity index (χ2v) is 8.43. The van der Waals surface area contributed by atoms with Crippen LogP contribution in [0.1, 0.15) is 58.0 Å². The average Bonchev–Trinajstić information content (AvgIpc) is 3.15. The van der Waals surface area contributed by atoms with Crippen molar-refractivity contribution in [1.29, 1.82) is 0 Å². The normalized spacial score (nSPS) is 17.3. The van der Waals surface area contributed by atoms with Crippen LogP contribution < -0.4 is 4.90 Å². The highest BCUT2D eigenvalue weighted by Crippen LogP contribution is 2.30.